The summed E-state index contributed by atoms with van der Waals surface area (Å²) < 4.78 is 12.9. The Morgan fingerprint density at radius 1 is 1.29 bits per heavy atom. The van der Waals surface area contributed by atoms with Crippen molar-refractivity contribution in [1.82, 2.24) is 14.9 Å². The van der Waals surface area contributed by atoms with Gasteiger partial charge in [-0.2, -0.15) is 0 Å². The van der Waals surface area contributed by atoms with E-state index in [1.165, 1.54) is 12.1 Å². The van der Waals surface area contributed by atoms with Crippen LogP contribution in [-0.4, -0.2) is 33.9 Å². The molecular formula is C19H22FN3O. The van der Waals surface area contributed by atoms with Gasteiger partial charge in [0.2, 0.25) is 5.91 Å². The monoisotopic (exact) mass is 327 g/mol. The minimum absolute atomic E-state index is 0.162. The van der Waals surface area contributed by atoms with Gasteiger partial charge in [-0.05, 0) is 49.9 Å². The van der Waals surface area contributed by atoms with Crippen molar-refractivity contribution in [2.45, 2.75) is 38.5 Å². The van der Waals surface area contributed by atoms with Crippen LogP contribution in [0.1, 0.15) is 42.3 Å². The standard InChI is InChI=1S/C19H22FN3O/c1-14-21-11-10-18(22-14)16-3-2-12-23(13-16)19(24)9-6-15-4-7-17(20)8-5-15/h4-5,7-8,10-11,16H,2-3,6,9,12-13H2,1H3/t16-/m0/s1. The lowest BCUT2D eigenvalue weighted by atomic mass is 9.94. The van der Waals surface area contributed by atoms with Gasteiger partial charge in [0.1, 0.15) is 11.6 Å². The Labute approximate surface area is 141 Å². The van der Waals surface area contributed by atoms with E-state index in [1.807, 2.05) is 17.9 Å². The number of carbonyl (C=O) groups is 1. The van der Waals surface area contributed by atoms with Gasteiger partial charge in [0.15, 0.2) is 0 Å². The van der Waals surface area contributed by atoms with Gasteiger partial charge in [0.05, 0.1) is 0 Å². The average Bonchev–Trinajstić information content (AvgIpc) is 2.61. The minimum Gasteiger partial charge on any atom is -0.342 e. The number of aryl methyl sites for hydroxylation is 2. The molecule has 2 aromatic rings. The second kappa shape index (κ2) is 7.51. The summed E-state index contributed by atoms with van der Waals surface area (Å²) in [6.07, 6.45) is 4.94. The summed E-state index contributed by atoms with van der Waals surface area (Å²) in [5, 5.41) is 0. The molecule has 5 heteroatoms. The summed E-state index contributed by atoms with van der Waals surface area (Å²) in [6, 6.07) is 8.31. The van der Waals surface area contributed by atoms with Crippen LogP contribution in [0.25, 0.3) is 0 Å². The molecule has 0 spiro atoms. The maximum atomic E-state index is 12.9. The average molecular weight is 327 g/mol. The number of amides is 1. The number of piperidine rings is 1. The molecule has 1 aliphatic rings. The van der Waals surface area contributed by atoms with Crippen LogP contribution in [0.5, 0.6) is 0 Å². The molecule has 126 valence electrons. The minimum atomic E-state index is -0.246. The number of carbonyl (C=O) groups excluding carboxylic acids is 1. The smallest absolute Gasteiger partial charge is 0.222 e. The van der Waals surface area contributed by atoms with Gasteiger partial charge in [-0.3, -0.25) is 4.79 Å². The Hall–Kier alpha value is -2.30. The van der Waals surface area contributed by atoms with Gasteiger partial charge < -0.3 is 4.90 Å². The van der Waals surface area contributed by atoms with Gasteiger partial charge >= 0.3 is 0 Å². The summed E-state index contributed by atoms with van der Waals surface area (Å²) in [7, 11) is 0. The fraction of sp³-hybridized carbons (Fsp3) is 0.421. The quantitative estimate of drug-likeness (QED) is 0.866. The highest BCUT2D eigenvalue weighted by atomic mass is 19.1. The van der Waals surface area contributed by atoms with Gasteiger partial charge in [0, 0.05) is 37.3 Å². The number of hydrogen-bond acceptors (Lipinski definition) is 3. The fourth-order valence-electron chi connectivity index (χ4n) is 3.21. The molecule has 0 unspecified atom stereocenters. The molecular weight excluding hydrogens is 305 g/mol. The summed E-state index contributed by atoms with van der Waals surface area (Å²) in [5.41, 5.74) is 2.02. The van der Waals surface area contributed by atoms with Crippen LogP contribution >= 0.6 is 0 Å². The first-order valence-electron chi connectivity index (χ1n) is 8.43. The number of hydrogen-bond donors (Lipinski definition) is 0. The highest BCUT2D eigenvalue weighted by Crippen LogP contribution is 2.26. The normalized spacial score (nSPS) is 17.8. The van der Waals surface area contributed by atoms with Crippen molar-refractivity contribution in [2.24, 2.45) is 0 Å². The maximum absolute atomic E-state index is 12.9. The molecule has 1 aliphatic heterocycles. The zero-order valence-corrected chi connectivity index (χ0v) is 13.9. The first kappa shape index (κ1) is 16.6. The van der Waals surface area contributed by atoms with E-state index in [4.69, 9.17) is 0 Å². The maximum Gasteiger partial charge on any atom is 0.222 e. The Kier molecular flexibility index (Phi) is 5.18. The largest absolute Gasteiger partial charge is 0.342 e. The Morgan fingerprint density at radius 2 is 2.08 bits per heavy atom. The Bertz CT molecular complexity index is 702. The van der Waals surface area contributed by atoms with Crippen molar-refractivity contribution in [3.05, 3.63) is 59.4 Å². The van der Waals surface area contributed by atoms with Crippen LogP contribution < -0.4 is 0 Å². The highest BCUT2D eigenvalue weighted by Gasteiger charge is 2.25. The molecule has 1 amide bonds. The zero-order chi connectivity index (χ0) is 16.9. The number of aromatic nitrogens is 2. The van der Waals surface area contributed by atoms with Crippen molar-refractivity contribution in [1.29, 1.82) is 0 Å². The van der Waals surface area contributed by atoms with E-state index in [0.717, 1.165) is 43.0 Å². The molecule has 1 saturated heterocycles. The van der Waals surface area contributed by atoms with Crippen LogP contribution in [0.2, 0.25) is 0 Å². The summed E-state index contributed by atoms with van der Waals surface area (Å²) in [6.45, 7) is 3.42. The van der Waals surface area contributed by atoms with Gasteiger partial charge in [-0.25, -0.2) is 14.4 Å². The van der Waals surface area contributed by atoms with Crippen molar-refractivity contribution in [2.75, 3.05) is 13.1 Å². The van der Waals surface area contributed by atoms with Crippen molar-refractivity contribution in [3.63, 3.8) is 0 Å². The van der Waals surface area contributed by atoms with E-state index >= 15 is 0 Å². The van der Waals surface area contributed by atoms with Gasteiger partial charge in [0.25, 0.3) is 0 Å². The molecule has 0 aliphatic carbocycles. The van der Waals surface area contributed by atoms with Gasteiger partial charge in [-0.1, -0.05) is 12.1 Å². The molecule has 2 heterocycles. The molecule has 0 N–H and O–H groups in total. The molecule has 0 bridgehead atoms. The third-order valence-electron chi connectivity index (χ3n) is 4.53. The first-order chi connectivity index (χ1) is 11.6. The predicted molar refractivity (Wildman–Crippen MR) is 90.0 cm³/mol. The number of nitrogens with zero attached hydrogens (tertiary/aromatic N) is 3. The number of halogens is 1. The SMILES string of the molecule is Cc1nccc([C@H]2CCCN(C(=O)CCc3ccc(F)cc3)C2)n1. The van der Waals surface area contributed by atoms with E-state index in [9.17, 15) is 9.18 Å². The fourth-order valence-corrected chi connectivity index (χ4v) is 3.21. The number of benzene rings is 1. The summed E-state index contributed by atoms with van der Waals surface area (Å²) >= 11 is 0. The number of likely N-dealkylation sites (tertiary alicyclic amines) is 1. The molecule has 4 nitrogen and oxygen atoms in total. The third kappa shape index (κ3) is 4.16. The summed E-state index contributed by atoms with van der Waals surface area (Å²) in [4.78, 5) is 23.1. The first-order valence-corrected chi connectivity index (χ1v) is 8.43. The second-order valence-corrected chi connectivity index (χ2v) is 6.33. The molecule has 24 heavy (non-hydrogen) atoms. The molecule has 0 radical (unpaired) electrons. The lowest BCUT2D eigenvalue weighted by Gasteiger charge is -2.32. The second-order valence-electron chi connectivity index (χ2n) is 6.33. The topological polar surface area (TPSA) is 46.1 Å². The third-order valence-corrected chi connectivity index (χ3v) is 4.53. The van der Waals surface area contributed by atoms with Crippen LogP contribution in [0.15, 0.2) is 36.5 Å². The lowest BCUT2D eigenvalue weighted by molar-refractivity contribution is -0.132. The molecule has 1 atom stereocenters. The van der Waals surface area contributed by atoms with E-state index in [-0.39, 0.29) is 17.6 Å². The van der Waals surface area contributed by atoms with Crippen molar-refractivity contribution >= 4 is 5.91 Å². The zero-order valence-electron chi connectivity index (χ0n) is 13.9. The molecule has 3 rings (SSSR count). The van der Waals surface area contributed by atoms with Crippen molar-refractivity contribution in [3.8, 4) is 0 Å². The van der Waals surface area contributed by atoms with Gasteiger partial charge in [-0.15, -0.1) is 0 Å². The van der Waals surface area contributed by atoms with Crippen LogP contribution in [0, 0.1) is 12.7 Å². The highest BCUT2D eigenvalue weighted by molar-refractivity contribution is 5.76. The van der Waals surface area contributed by atoms with Crippen LogP contribution in [-0.2, 0) is 11.2 Å². The molecule has 0 saturated carbocycles. The molecule has 1 fully saturated rings. The Morgan fingerprint density at radius 3 is 2.83 bits per heavy atom. The van der Waals surface area contributed by atoms with E-state index in [0.29, 0.717) is 12.8 Å². The van der Waals surface area contributed by atoms with E-state index < -0.39 is 0 Å². The number of rotatable bonds is 4. The lowest BCUT2D eigenvalue weighted by Crippen LogP contribution is -2.39. The van der Waals surface area contributed by atoms with Crippen LogP contribution in [0.4, 0.5) is 4.39 Å². The van der Waals surface area contributed by atoms with E-state index in [2.05, 4.69) is 9.97 Å². The van der Waals surface area contributed by atoms with E-state index in [1.54, 1.807) is 18.3 Å². The molecule has 1 aromatic heterocycles. The summed E-state index contributed by atoms with van der Waals surface area (Å²) in [5.74, 6) is 0.973. The Balaban J connectivity index is 1.57. The molecule has 1 aromatic carbocycles. The van der Waals surface area contributed by atoms with Crippen molar-refractivity contribution < 1.29 is 9.18 Å². The van der Waals surface area contributed by atoms with Crippen LogP contribution in [0.3, 0.4) is 0 Å². The predicted octanol–water partition coefficient (Wildman–Crippen LogP) is 3.26.